The number of nitrogens with zero attached hydrogens (tertiary/aromatic N) is 1. The number of hydrogen-bond acceptors (Lipinski definition) is 6. The van der Waals surface area contributed by atoms with E-state index in [1.165, 1.54) is 17.7 Å². The maximum atomic E-state index is 13.4. The van der Waals surface area contributed by atoms with Crippen molar-refractivity contribution in [3.63, 3.8) is 0 Å². The Balaban J connectivity index is 1.30. The molecule has 2 aliphatic rings. The Morgan fingerprint density at radius 3 is 2.65 bits per heavy atom. The van der Waals surface area contributed by atoms with Crippen LogP contribution in [0.1, 0.15) is 39.0 Å². The molecule has 1 unspecified atom stereocenters. The number of nitrogens with one attached hydrogen (secondary N) is 1. The summed E-state index contributed by atoms with van der Waals surface area (Å²) in [6.07, 6.45) is 1.03. The molecule has 34 heavy (non-hydrogen) atoms. The van der Waals surface area contributed by atoms with Gasteiger partial charge in [-0.15, -0.1) is 0 Å². The van der Waals surface area contributed by atoms with Crippen LogP contribution in [0.5, 0.6) is 17.2 Å². The van der Waals surface area contributed by atoms with Gasteiger partial charge in [-0.1, -0.05) is 48.5 Å². The Kier molecular flexibility index (Phi) is 6.38. The van der Waals surface area contributed by atoms with E-state index in [2.05, 4.69) is 23.5 Å². The highest BCUT2D eigenvalue weighted by atomic mass is 16.5. The first-order valence-electron chi connectivity index (χ1n) is 11.5. The highest BCUT2D eigenvalue weighted by molar-refractivity contribution is 6.00. The molecule has 1 amide bonds. The van der Waals surface area contributed by atoms with E-state index in [9.17, 15) is 15.0 Å². The number of phenols is 2. The molecule has 1 fully saturated rings. The van der Waals surface area contributed by atoms with Crippen LogP contribution in [0.2, 0.25) is 0 Å². The van der Waals surface area contributed by atoms with Gasteiger partial charge in [0.05, 0.1) is 6.61 Å². The van der Waals surface area contributed by atoms with Crippen LogP contribution < -0.4 is 10.1 Å². The predicted molar refractivity (Wildman–Crippen MR) is 127 cm³/mol. The number of aromatic hydroxyl groups is 2. The molecule has 5 rings (SSSR count). The molecule has 0 radical (unpaired) electrons. The lowest BCUT2D eigenvalue weighted by molar-refractivity contribution is 0.0743. The predicted octanol–water partition coefficient (Wildman–Crippen LogP) is 3.71. The maximum absolute atomic E-state index is 13.4. The molecule has 0 aliphatic carbocycles. The summed E-state index contributed by atoms with van der Waals surface area (Å²) >= 11 is 0. The van der Waals surface area contributed by atoms with Gasteiger partial charge < -0.3 is 29.9 Å². The van der Waals surface area contributed by atoms with Gasteiger partial charge in [0.1, 0.15) is 29.4 Å². The van der Waals surface area contributed by atoms with Gasteiger partial charge in [-0.25, -0.2) is 0 Å². The average Bonchev–Trinajstić information content (AvgIpc) is 3.51. The number of hydrogen-bond donors (Lipinski definition) is 3. The van der Waals surface area contributed by atoms with Gasteiger partial charge in [0.2, 0.25) is 0 Å². The second-order valence-corrected chi connectivity index (χ2v) is 8.82. The SMILES string of the molecule is O=C(c1c(O)cc(O)cc1OCc1ccccc1)N1Cc2ccc(CNC3CCOC3)cc2C1. The summed E-state index contributed by atoms with van der Waals surface area (Å²) in [5.74, 6) is -0.634. The molecule has 2 aliphatic heterocycles. The van der Waals surface area contributed by atoms with E-state index >= 15 is 0 Å². The molecule has 1 saturated heterocycles. The van der Waals surface area contributed by atoms with Crippen molar-refractivity contribution in [2.24, 2.45) is 0 Å². The third-order valence-electron chi connectivity index (χ3n) is 6.32. The fourth-order valence-electron chi connectivity index (χ4n) is 4.47. The lowest BCUT2D eigenvalue weighted by atomic mass is 10.1. The lowest BCUT2D eigenvalue weighted by Crippen LogP contribution is -2.28. The number of carbonyl (C=O) groups excluding carboxylic acids is 1. The third-order valence-corrected chi connectivity index (χ3v) is 6.32. The molecule has 7 heteroatoms. The Labute approximate surface area is 198 Å². The van der Waals surface area contributed by atoms with Crippen LogP contribution in [0.3, 0.4) is 0 Å². The topological polar surface area (TPSA) is 91.3 Å². The van der Waals surface area contributed by atoms with E-state index in [4.69, 9.17) is 9.47 Å². The van der Waals surface area contributed by atoms with Crippen LogP contribution >= 0.6 is 0 Å². The number of rotatable bonds is 7. The van der Waals surface area contributed by atoms with Gasteiger partial charge in [0.15, 0.2) is 0 Å². The lowest BCUT2D eigenvalue weighted by Gasteiger charge is -2.19. The van der Waals surface area contributed by atoms with Crippen LogP contribution in [0.4, 0.5) is 0 Å². The zero-order valence-corrected chi connectivity index (χ0v) is 18.9. The fourth-order valence-corrected chi connectivity index (χ4v) is 4.47. The van der Waals surface area contributed by atoms with E-state index in [1.807, 2.05) is 30.3 Å². The van der Waals surface area contributed by atoms with Gasteiger partial charge in [0, 0.05) is 44.4 Å². The summed E-state index contributed by atoms with van der Waals surface area (Å²) in [5.41, 5.74) is 4.33. The van der Waals surface area contributed by atoms with Crippen LogP contribution in [0, 0.1) is 0 Å². The molecule has 176 valence electrons. The fraction of sp³-hybridized carbons (Fsp3) is 0.296. The van der Waals surface area contributed by atoms with Crippen LogP contribution in [0.15, 0.2) is 60.7 Å². The minimum absolute atomic E-state index is 0.0599. The summed E-state index contributed by atoms with van der Waals surface area (Å²) in [7, 11) is 0. The van der Waals surface area contributed by atoms with Gasteiger partial charge in [-0.05, 0) is 28.7 Å². The number of benzene rings is 3. The molecule has 0 saturated carbocycles. The first-order valence-corrected chi connectivity index (χ1v) is 11.5. The molecule has 3 aromatic carbocycles. The molecule has 3 N–H and O–H groups in total. The zero-order valence-electron chi connectivity index (χ0n) is 18.9. The molecule has 2 heterocycles. The van der Waals surface area contributed by atoms with E-state index in [-0.39, 0.29) is 35.3 Å². The first kappa shape index (κ1) is 22.3. The number of fused-ring (bicyclic) bond motifs is 1. The van der Waals surface area contributed by atoms with Gasteiger partial charge in [0.25, 0.3) is 5.91 Å². The van der Waals surface area contributed by atoms with E-state index in [1.54, 1.807) is 4.90 Å². The number of carbonyl (C=O) groups is 1. The normalized spacial score (nSPS) is 17.1. The molecule has 0 aromatic heterocycles. The highest BCUT2D eigenvalue weighted by Gasteiger charge is 2.29. The molecular formula is C27H28N2O5. The van der Waals surface area contributed by atoms with Crippen LogP contribution in [-0.4, -0.2) is 40.3 Å². The monoisotopic (exact) mass is 460 g/mol. The average molecular weight is 461 g/mol. The molecule has 0 spiro atoms. The van der Waals surface area contributed by atoms with Gasteiger partial charge in [-0.3, -0.25) is 4.79 Å². The molecule has 3 aromatic rings. The number of ether oxygens (including phenoxy) is 2. The van der Waals surface area contributed by atoms with Gasteiger partial charge in [-0.2, -0.15) is 0 Å². The largest absolute Gasteiger partial charge is 0.508 e. The van der Waals surface area contributed by atoms with Crippen molar-refractivity contribution in [2.75, 3.05) is 13.2 Å². The van der Waals surface area contributed by atoms with Crippen molar-refractivity contribution in [2.45, 2.75) is 38.7 Å². The second-order valence-electron chi connectivity index (χ2n) is 8.82. The zero-order chi connectivity index (χ0) is 23.5. The minimum Gasteiger partial charge on any atom is -0.508 e. The third kappa shape index (κ3) is 4.85. The number of amides is 1. The highest BCUT2D eigenvalue weighted by Crippen LogP contribution is 2.36. The van der Waals surface area contributed by atoms with Crippen molar-refractivity contribution < 1.29 is 24.5 Å². The summed E-state index contributed by atoms with van der Waals surface area (Å²) in [5, 5.41) is 24.0. The molecular weight excluding hydrogens is 432 g/mol. The summed E-state index contributed by atoms with van der Waals surface area (Å²) in [6.45, 7) is 3.43. The van der Waals surface area contributed by atoms with Crippen molar-refractivity contribution >= 4 is 5.91 Å². The van der Waals surface area contributed by atoms with Gasteiger partial charge >= 0.3 is 0 Å². The van der Waals surface area contributed by atoms with Crippen LogP contribution in [0.25, 0.3) is 0 Å². The quantitative estimate of drug-likeness (QED) is 0.498. The Bertz CT molecular complexity index is 1180. The van der Waals surface area contributed by atoms with Crippen molar-refractivity contribution in [1.29, 1.82) is 0 Å². The standard InChI is InChI=1S/C27H28N2O5/c30-23-11-24(31)26(25(12-23)34-16-18-4-2-1-3-5-18)27(32)29-14-20-7-6-19(10-21(20)15-29)13-28-22-8-9-33-17-22/h1-7,10-12,22,28,30-31H,8-9,13-17H2. The Morgan fingerprint density at radius 2 is 1.85 bits per heavy atom. The minimum atomic E-state index is -0.334. The van der Waals surface area contributed by atoms with Crippen LogP contribution in [-0.2, 0) is 31.0 Å². The molecule has 7 nitrogen and oxygen atoms in total. The van der Waals surface area contributed by atoms with Crippen molar-refractivity contribution in [3.05, 3.63) is 88.5 Å². The Morgan fingerprint density at radius 1 is 1.03 bits per heavy atom. The first-order chi connectivity index (χ1) is 16.6. The summed E-state index contributed by atoms with van der Waals surface area (Å²) in [4.78, 5) is 15.1. The summed E-state index contributed by atoms with van der Waals surface area (Å²) in [6, 6.07) is 18.7. The maximum Gasteiger partial charge on any atom is 0.262 e. The van der Waals surface area contributed by atoms with Crippen molar-refractivity contribution in [3.8, 4) is 17.2 Å². The Hall–Kier alpha value is -3.55. The van der Waals surface area contributed by atoms with Crippen molar-refractivity contribution in [1.82, 2.24) is 10.2 Å². The molecule has 0 bridgehead atoms. The van der Waals surface area contributed by atoms with E-state index < -0.39 is 0 Å². The smallest absolute Gasteiger partial charge is 0.262 e. The number of phenolic OH excluding ortho intramolecular Hbond substituents is 2. The molecule has 1 atom stereocenters. The van der Waals surface area contributed by atoms with E-state index in [0.717, 1.165) is 42.9 Å². The van der Waals surface area contributed by atoms with E-state index in [0.29, 0.717) is 19.1 Å². The second kappa shape index (κ2) is 9.75. The summed E-state index contributed by atoms with van der Waals surface area (Å²) < 4.78 is 11.3.